The number of thiophene rings is 1. The smallest absolute Gasteiger partial charge is 0.190 e. The number of aliphatic hydroxyl groups excluding tert-OH is 1. The van der Waals surface area contributed by atoms with Crippen LogP contribution in [0.4, 0.5) is 5.69 Å². The Morgan fingerprint density at radius 2 is 1.92 bits per heavy atom. The first kappa shape index (κ1) is 19.0. The molecule has 0 unspecified atom stereocenters. The lowest BCUT2D eigenvalue weighted by molar-refractivity contribution is 0.281. The molecule has 0 aliphatic rings. The first-order valence-electron chi connectivity index (χ1n) is 7.63. The second-order valence-electron chi connectivity index (χ2n) is 5.30. The van der Waals surface area contributed by atoms with Crippen molar-refractivity contribution in [3.8, 4) is 10.6 Å². The molecule has 0 radical (unpaired) electrons. The summed E-state index contributed by atoms with van der Waals surface area (Å²) in [6.45, 7) is 0.934. The lowest BCUT2D eigenvalue weighted by Gasteiger charge is -2.07. The van der Waals surface area contributed by atoms with E-state index < -0.39 is 0 Å². The van der Waals surface area contributed by atoms with Crippen LogP contribution in [0.3, 0.4) is 0 Å². The molecule has 1 N–H and O–H groups in total. The number of nitrogens with zero attached hydrogens (tertiary/aromatic N) is 2. The molecule has 2 aromatic heterocycles. The maximum absolute atomic E-state index is 9.08. The van der Waals surface area contributed by atoms with Crippen molar-refractivity contribution >= 4 is 63.2 Å². The minimum absolute atomic E-state index is 0.178. The van der Waals surface area contributed by atoms with Crippen LogP contribution >= 0.6 is 57.5 Å². The van der Waals surface area contributed by atoms with Gasteiger partial charge in [-0.1, -0.05) is 34.8 Å². The molecule has 2 heterocycles. The number of aliphatic hydroxyl groups is 1. The molecule has 3 rings (SSSR count). The first-order chi connectivity index (χ1) is 12.1. The third-order valence-electron chi connectivity index (χ3n) is 3.54. The first-order valence-corrected chi connectivity index (χ1v) is 10.5. The van der Waals surface area contributed by atoms with Crippen LogP contribution in [0, 0.1) is 0 Å². The van der Waals surface area contributed by atoms with E-state index in [-0.39, 0.29) is 6.61 Å². The molecule has 0 saturated heterocycles. The zero-order valence-electron chi connectivity index (χ0n) is 13.1. The molecular weight excluding hydrogens is 419 g/mol. The molecular formula is C17H15Cl3N2OS2. The van der Waals surface area contributed by atoms with Crippen molar-refractivity contribution < 1.29 is 5.11 Å². The largest absolute Gasteiger partial charge is 0.396 e. The van der Waals surface area contributed by atoms with Gasteiger partial charge in [0.2, 0.25) is 0 Å². The Kier molecular flexibility index (Phi) is 6.61. The van der Waals surface area contributed by atoms with Crippen molar-refractivity contribution in [3.63, 3.8) is 0 Å². The molecule has 0 atom stereocenters. The van der Waals surface area contributed by atoms with Gasteiger partial charge >= 0.3 is 0 Å². The Morgan fingerprint density at radius 3 is 2.64 bits per heavy atom. The molecule has 25 heavy (non-hydrogen) atoms. The van der Waals surface area contributed by atoms with Crippen LogP contribution in [0.25, 0.3) is 10.6 Å². The van der Waals surface area contributed by atoms with Crippen molar-refractivity contribution in [1.82, 2.24) is 4.57 Å². The standard InChI is InChI=1S/C17H15Cl3N2OS2/c18-11-3-4-12(19)13(9-11)21-17-22(7-1-2-8-23)14(10-24-17)15-5-6-16(20)25-15/h3-6,9-10,23H,1-2,7-8H2. The van der Waals surface area contributed by atoms with Crippen LogP contribution in [0.1, 0.15) is 12.8 Å². The van der Waals surface area contributed by atoms with Gasteiger partial charge in [-0.2, -0.15) is 0 Å². The summed E-state index contributed by atoms with van der Waals surface area (Å²) in [6.07, 6.45) is 1.60. The second kappa shape index (κ2) is 8.71. The predicted molar refractivity (Wildman–Crippen MR) is 109 cm³/mol. The van der Waals surface area contributed by atoms with Gasteiger partial charge in [0.15, 0.2) is 4.80 Å². The highest BCUT2D eigenvalue weighted by atomic mass is 35.5. The lowest BCUT2D eigenvalue weighted by Crippen LogP contribution is -2.16. The third kappa shape index (κ3) is 4.67. The van der Waals surface area contributed by atoms with Crippen LogP contribution in [-0.2, 0) is 6.54 Å². The number of unbranched alkanes of at least 4 members (excludes halogenated alkanes) is 1. The average molecular weight is 434 g/mol. The molecule has 0 saturated carbocycles. The number of hydrogen-bond acceptors (Lipinski definition) is 4. The summed E-state index contributed by atoms with van der Waals surface area (Å²) in [5, 5.41) is 12.3. The molecule has 0 bridgehead atoms. The van der Waals surface area contributed by atoms with Gasteiger partial charge in [0.05, 0.1) is 25.6 Å². The van der Waals surface area contributed by atoms with Crippen LogP contribution in [0.15, 0.2) is 40.7 Å². The van der Waals surface area contributed by atoms with Gasteiger partial charge in [0.25, 0.3) is 0 Å². The third-order valence-corrected chi connectivity index (χ3v) is 6.21. The Labute approximate surface area is 168 Å². The molecule has 0 aliphatic heterocycles. The van der Waals surface area contributed by atoms with Crippen molar-refractivity contribution in [2.45, 2.75) is 19.4 Å². The predicted octanol–water partition coefficient (Wildman–Crippen LogP) is 6.24. The van der Waals surface area contributed by atoms with Gasteiger partial charge in [0.1, 0.15) is 0 Å². The van der Waals surface area contributed by atoms with Crippen molar-refractivity contribution in [3.05, 3.63) is 54.9 Å². The van der Waals surface area contributed by atoms with Gasteiger partial charge < -0.3 is 9.67 Å². The second-order valence-corrected chi connectivity index (χ2v) is 8.69. The molecule has 0 fully saturated rings. The van der Waals surface area contributed by atoms with Crippen LogP contribution in [0.5, 0.6) is 0 Å². The Balaban J connectivity index is 2.08. The SMILES string of the molecule is OCCCCn1c(-c2ccc(Cl)s2)csc1=Nc1cc(Cl)ccc1Cl. The summed E-state index contributed by atoms with van der Waals surface area (Å²) in [4.78, 5) is 6.63. The molecule has 132 valence electrons. The maximum Gasteiger partial charge on any atom is 0.190 e. The van der Waals surface area contributed by atoms with E-state index in [0.717, 1.165) is 39.1 Å². The fourth-order valence-electron chi connectivity index (χ4n) is 2.34. The summed E-state index contributed by atoms with van der Waals surface area (Å²) in [5.41, 5.74) is 1.71. The summed E-state index contributed by atoms with van der Waals surface area (Å²) in [6, 6.07) is 9.14. The molecule has 0 amide bonds. The lowest BCUT2D eigenvalue weighted by atomic mass is 10.3. The highest BCUT2D eigenvalue weighted by Gasteiger charge is 2.11. The fraction of sp³-hybridized carbons (Fsp3) is 0.235. The van der Waals surface area contributed by atoms with E-state index in [1.54, 1.807) is 29.5 Å². The number of thiazole rings is 1. The number of hydrogen-bond donors (Lipinski definition) is 1. The Hall–Kier alpha value is -0.820. The molecule has 1 aromatic carbocycles. The van der Waals surface area contributed by atoms with E-state index in [9.17, 15) is 0 Å². The van der Waals surface area contributed by atoms with Crippen molar-refractivity contribution in [1.29, 1.82) is 0 Å². The average Bonchev–Trinajstić information content (AvgIpc) is 3.18. The van der Waals surface area contributed by atoms with E-state index in [0.29, 0.717) is 15.7 Å². The van der Waals surface area contributed by atoms with E-state index in [4.69, 9.17) is 44.9 Å². The van der Waals surface area contributed by atoms with Crippen LogP contribution < -0.4 is 4.80 Å². The number of rotatable bonds is 6. The van der Waals surface area contributed by atoms with E-state index in [2.05, 4.69) is 9.95 Å². The van der Waals surface area contributed by atoms with Gasteiger partial charge in [-0.15, -0.1) is 22.7 Å². The summed E-state index contributed by atoms with van der Waals surface area (Å²) in [5.74, 6) is 0. The monoisotopic (exact) mass is 432 g/mol. The van der Waals surface area contributed by atoms with Crippen molar-refractivity contribution in [2.75, 3.05) is 6.61 Å². The van der Waals surface area contributed by atoms with E-state index in [1.165, 1.54) is 11.3 Å². The van der Waals surface area contributed by atoms with Gasteiger partial charge in [-0.3, -0.25) is 0 Å². The molecule has 3 aromatic rings. The van der Waals surface area contributed by atoms with E-state index in [1.807, 2.05) is 12.1 Å². The molecule has 8 heteroatoms. The minimum Gasteiger partial charge on any atom is -0.396 e. The Morgan fingerprint density at radius 1 is 1.08 bits per heavy atom. The fourth-order valence-corrected chi connectivity index (χ4v) is 4.75. The zero-order chi connectivity index (χ0) is 17.8. The molecule has 0 spiro atoms. The van der Waals surface area contributed by atoms with E-state index >= 15 is 0 Å². The zero-order valence-corrected chi connectivity index (χ0v) is 17.0. The summed E-state index contributed by atoms with van der Waals surface area (Å²) in [7, 11) is 0. The molecule has 0 aliphatic carbocycles. The maximum atomic E-state index is 9.08. The van der Waals surface area contributed by atoms with Gasteiger partial charge in [-0.05, 0) is 43.2 Å². The Bertz CT molecular complexity index is 930. The normalized spacial score (nSPS) is 12.1. The number of halogens is 3. The quantitative estimate of drug-likeness (QED) is 0.459. The number of benzene rings is 1. The minimum atomic E-state index is 0.178. The van der Waals surface area contributed by atoms with Gasteiger partial charge in [-0.25, -0.2) is 4.99 Å². The summed E-state index contributed by atoms with van der Waals surface area (Å²) < 4.78 is 2.89. The molecule has 3 nitrogen and oxygen atoms in total. The highest BCUT2D eigenvalue weighted by molar-refractivity contribution is 7.19. The number of aromatic nitrogens is 1. The van der Waals surface area contributed by atoms with Crippen LogP contribution in [0.2, 0.25) is 14.4 Å². The summed E-state index contributed by atoms with van der Waals surface area (Å²) >= 11 is 21.5. The highest BCUT2D eigenvalue weighted by Crippen LogP contribution is 2.32. The van der Waals surface area contributed by atoms with Gasteiger partial charge in [0, 0.05) is 23.6 Å². The van der Waals surface area contributed by atoms with Crippen LogP contribution in [-0.4, -0.2) is 16.3 Å². The topological polar surface area (TPSA) is 37.5 Å². The van der Waals surface area contributed by atoms with Crippen molar-refractivity contribution in [2.24, 2.45) is 4.99 Å².